The maximum Gasteiger partial charge on any atom is 0.234 e. The number of aromatic nitrogens is 2. The molecule has 2 saturated heterocycles. The molecule has 7 nitrogen and oxygen atoms in total. The van der Waals surface area contributed by atoms with Crippen molar-refractivity contribution in [2.75, 3.05) is 44.1 Å². The molecule has 1 aromatic rings. The van der Waals surface area contributed by atoms with Gasteiger partial charge in [-0.05, 0) is 47.0 Å². The van der Waals surface area contributed by atoms with Crippen LogP contribution in [0.15, 0.2) is 16.9 Å². The van der Waals surface area contributed by atoms with E-state index in [0.717, 1.165) is 23.7 Å². The highest BCUT2D eigenvalue weighted by Crippen LogP contribution is 2.55. The van der Waals surface area contributed by atoms with Gasteiger partial charge >= 0.3 is 0 Å². The van der Waals surface area contributed by atoms with Crippen molar-refractivity contribution in [3.8, 4) is 11.8 Å². The van der Waals surface area contributed by atoms with Crippen LogP contribution < -0.4 is 4.90 Å². The molecule has 4 fully saturated rings. The summed E-state index contributed by atoms with van der Waals surface area (Å²) in [5, 5.41) is 0. The summed E-state index contributed by atoms with van der Waals surface area (Å²) in [6, 6.07) is 0. The molecule has 4 aliphatic rings. The quantitative estimate of drug-likeness (QED) is 0.502. The second-order valence-corrected chi connectivity index (χ2v) is 9.15. The zero-order valence-electron chi connectivity index (χ0n) is 18.1. The molecule has 0 unspecified atom stereocenters. The molecule has 2 amide bonds. The lowest BCUT2D eigenvalue weighted by atomic mass is 9.81. The number of piperazine rings is 1. The van der Waals surface area contributed by atoms with Crippen molar-refractivity contribution >= 4 is 33.7 Å². The summed E-state index contributed by atoms with van der Waals surface area (Å²) < 4.78 is 17.6. The normalized spacial score (nSPS) is 32.7. The van der Waals surface area contributed by atoms with Crippen LogP contribution in [0.4, 0.5) is 5.95 Å². The third-order valence-electron chi connectivity index (χ3n) is 6.73. The van der Waals surface area contributed by atoms with Gasteiger partial charge in [0.2, 0.25) is 17.8 Å². The van der Waals surface area contributed by atoms with Gasteiger partial charge in [-0.1, -0.05) is 11.8 Å². The highest BCUT2D eigenvalue weighted by Gasteiger charge is 2.60. The topological polar surface area (TPSA) is 69.6 Å². The SMILES string of the molecule is [2H]C([2H])(C#CCN1C(=O)[C@@H]2[C@@H]3CC[C@@H](C3)[C@@H]2C1=O)N1CCN(c2ncc(Br)cn2)CC1. The highest BCUT2D eigenvalue weighted by atomic mass is 79.9. The van der Waals surface area contributed by atoms with Crippen LogP contribution in [0.1, 0.15) is 22.0 Å². The maximum absolute atomic E-state index is 12.7. The van der Waals surface area contributed by atoms with Crippen LogP contribution in [0.2, 0.25) is 0 Å². The fourth-order valence-electron chi connectivity index (χ4n) is 5.35. The number of likely N-dealkylation sites (tertiary alicyclic amines) is 1. The Labute approximate surface area is 181 Å². The molecule has 2 saturated carbocycles. The average Bonchev–Trinajstić information content (AvgIpc) is 3.44. The second-order valence-electron chi connectivity index (χ2n) is 8.24. The van der Waals surface area contributed by atoms with E-state index in [1.807, 2.05) is 4.90 Å². The second kappa shape index (κ2) is 7.69. The number of halogens is 1. The molecule has 2 aliphatic heterocycles. The van der Waals surface area contributed by atoms with Gasteiger partial charge < -0.3 is 4.90 Å². The lowest BCUT2D eigenvalue weighted by Crippen LogP contribution is -2.47. The number of carbonyl (C=O) groups is 2. The van der Waals surface area contributed by atoms with E-state index in [1.54, 1.807) is 17.3 Å². The van der Waals surface area contributed by atoms with E-state index in [2.05, 4.69) is 37.7 Å². The first kappa shape index (κ1) is 16.8. The minimum Gasteiger partial charge on any atom is -0.338 e. The zero-order valence-corrected chi connectivity index (χ0v) is 17.6. The summed E-state index contributed by atoms with van der Waals surface area (Å²) >= 11 is 3.32. The number of anilines is 1. The van der Waals surface area contributed by atoms with Gasteiger partial charge in [0, 0.05) is 38.6 Å². The fourth-order valence-corrected chi connectivity index (χ4v) is 5.56. The van der Waals surface area contributed by atoms with E-state index < -0.39 is 6.50 Å². The minimum atomic E-state index is -1.83. The molecular formula is C21H24BrN5O2. The molecule has 152 valence electrons. The van der Waals surface area contributed by atoms with Crippen molar-refractivity contribution in [2.45, 2.75) is 19.3 Å². The molecule has 0 aromatic carbocycles. The molecule has 29 heavy (non-hydrogen) atoms. The minimum absolute atomic E-state index is 0.0175. The smallest absolute Gasteiger partial charge is 0.234 e. The first-order chi connectivity index (χ1) is 14.8. The van der Waals surface area contributed by atoms with Gasteiger partial charge in [0.15, 0.2) is 0 Å². The number of rotatable bonds is 3. The van der Waals surface area contributed by atoms with E-state index >= 15 is 0 Å². The van der Waals surface area contributed by atoms with Crippen LogP contribution in [0.5, 0.6) is 0 Å². The number of hydrogen-bond acceptors (Lipinski definition) is 6. The lowest BCUT2D eigenvalue weighted by Gasteiger charge is -2.33. The van der Waals surface area contributed by atoms with Crippen LogP contribution in [0, 0.1) is 35.5 Å². The monoisotopic (exact) mass is 459 g/mol. The molecule has 8 heteroatoms. The first-order valence-corrected chi connectivity index (χ1v) is 11.0. The maximum atomic E-state index is 12.7. The molecule has 4 atom stereocenters. The van der Waals surface area contributed by atoms with E-state index in [9.17, 15) is 9.59 Å². The number of nitrogens with zero attached hydrogens (tertiary/aromatic N) is 5. The summed E-state index contributed by atoms with van der Waals surface area (Å²) in [4.78, 5) is 39.1. The summed E-state index contributed by atoms with van der Waals surface area (Å²) in [6.07, 6.45) is 6.49. The van der Waals surface area contributed by atoms with Gasteiger partial charge in [0.25, 0.3) is 0 Å². The number of hydrogen-bond donors (Lipinski definition) is 0. The van der Waals surface area contributed by atoms with Gasteiger partial charge in [-0.3, -0.25) is 19.4 Å². The van der Waals surface area contributed by atoms with Crippen molar-refractivity contribution in [3.05, 3.63) is 16.9 Å². The van der Waals surface area contributed by atoms with Crippen molar-refractivity contribution < 1.29 is 12.3 Å². The number of carbonyl (C=O) groups excluding carboxylic acids is 2. The number of amides is 2. The van der Waals surface area contributed by atoms with Crippen molar-refractivity contribution in [1.29, 1.82) is 0 Å². The average molecular weight is 460 g/mol. The molecule has 0 N–H and O–H groups in total. The Morgan fingerprint density at radius 2 is 1.66 bits per heavy atom. The van der Waals surface area contributed by atoms with Crippen molar-refractivity contribution in [1.82, 2.24) is 19.8 Å². The molecule has 0 spiro atoms. The molecule has 1 aromatic heterocycles. The first-order valence-electron chi connectivity index (χ1n) is 11.2. The Bertz CT molecular complexity index is 927. The largest absolute Gasteiger partial charge is 0.338 e. The van der Waals surface area contributed by atoms with E-state index in [4.69, 9.17) is 2.74 Å². The molecule has 3 heterocycles. The third-order valence-corrected chi connectivity index (χ3v) is 7.14. The molecule has 2 bridgehead atoms. The number of imide groups is 1. The Morgan fingerprint density at radius 1 is 1.03 bits per heavy atom. The van der Waals surface area contributed by atoms with Crippen LogP contribution >= 0.6 is 15.9 Å². The molecule has 0 radical (unpaired) electrons. The summed E-state index contributed by atoms with van der Waals surface area (Å²) in [7, 11) is 0. The zero-order chi connectivity index (χ0) is 21.8. The predicted molar refractivity (Wildman–Crippen MR) is 111 cm³/mol. The molecule has 5 rings (SSSR count). The van der Waals surface area contributed by atoms with Crippen LogP contribution in [-0.2, 0) is 9.59 Å². The van der Waals surface area contributed by atoms with Gasteiger partial charge in [-0.2, -0.15) is 0 Å². The molecular weight excluding hydrogens is 434 g/mol. The Morgan fingerprint density at radius 3 is 2.28 bits per heavy atom. The Hall–Kier alpha value is -1.98. The van der Waals surface area contributed by atoms with Gasteiger partial charge in [-0.25, -0.2) is 9.97 Å². The summed E-state index contributed by atoms with van der Waals surface area (Å²) in [6.45, 7) is 0.312. The highest BCUT2D eigenvalue weighted by molar-refractivity contribution is 9.10. The van der Waals surface area contributed by atoms with Crippen LogP contribution in [0.3, 0.4) is 0 Å². The van der Waals surface area contributed by atoms with E-state index in [1.165, 1.54) is 4.90 Å². The predicted octanol–water partition coefficient (Wildman–Crippen LogP) is 1.40. The van der Waals surface area contributed by atoms with Crippen LogP contribution in [-0.4, -0.2) is 70.8 Å². The van der Waals surface area contributed by atoms with Gasteiger partial charge in [-0.15, -0.1) is 0 Å². The van der Waals surface area contributed by atoms with E-state index in [0.29, 0.717) is 44.0 Å². The Kier molecular flexibility index (Phi) is 4.45. The standard InChI is InChI=1S/C21H24BrN5O2/c22-16-12-23-21(24-13-16)26-9-7-25(8-10-26)5-1-2-6-27-19(28)17-14-3-4-15(11-14)18(17)20(27)29/h12-15,17-18H,3-11H2/t14-,15+,17-,18+/i5D2. The Balaban J connectivity index is 1.19. The van der Waals surface area contributed by atoms with E-state index in [-0.39, 0.29) is 30.2 Å². The number of fused-ring (bicyclic) bond motifs is 5. The van der Waals surface area contributed by atoms with Crippen LogP contribution in [0.25, 0.3) is 0 Å². The van der Waals surface area contributed by atoms with Crippen molar-refractivity contribution in [2.24, 2.45) is 23.7 Å². The van der Waals surface area contributed by atoms with Gasteiger partial charge in [0.05, 0.1) is 32.1 Å². The third kappa shape index (κ3) is 3.44. The molecule has 2 aliphatic carbocycles. The summed E-state index contributed by atoms with van der Waals surface area (Å²) in [5.74, 6) is 6.28. The van der Waals surface area contributed by atoms with Crippen molar-refractivity contribution in [3.63, 3.8) is 0 Å². The fraction of sp³-hybridized carbons (Fsp3) is 0.619. The summed E-state index contributed by atoms with van der Waals surface area (Å²) in [5.41, 5.74) is 0. The van der Waals surface area contributed by atoms with Gasteiger partial charge in [0.1, 0.15) is 0 Å². The lowest BCUT2D eigenvalue weighted by molar-refractivity contribution is -0.139.